The molecule has 0 fully saturated rings. The Hall–Kier alpha value is -1.62. The van der Waals surface area contributed by atoms with Crippen LogP contribution in [0.5, 0.6) is 0 Å². The number of hydrogen-bond acceptors (Lipinski definition) is 2. The van der Waals surface area contributed by atoms with Crippen molar-refractivity contribution in [1.29, 1.82) is 0 Å². The molecular formula is C14H16BrN3O. The van der Waals surface area contributed by atoms with Crippen LogP contribution in [0, 0.1) is 0 Å². The van der Waals surface area contributed by atoms with E-state index in [1.165, 1.54) is 0 Å². The summed E-state index contributed by atoms with van der Waals surface area (Å²) in [5.41, 5.74) is 1.01. The predicted molar refractivity (Wildman–Crippen MR) is 77.8 cm³/mol. The van der Waals surface area contributed by atoms with E-state index < -0.39 is 0 Å². The number of amides is 1. The molecule has 0 bridgehead atoms. The quantitative estimate of drug-likeness (QED) is 0.803. The lowest BCUT2D eigenvalue weighted by atomic mass is 10.1. The van der Waals surface area contributed by atoms with Gasteiger partial charge in [0.1, 0.15) is 5.82 Å². The summed E-state index contributed by atoms with van der Waals surface area (Å²) in [6.07, 6.45) is 5.70. The van der Waals surface area contributed by atoms with Gasteiger partial charge in [0.05, 0.1) is 6.42 Å². The molecule has 100 valence electrons. The highest BCUT2D eigenvalue weighted by molar-refractivity contribution is 9.10. The van der Waals surface area contributed by atoms with E-state index in [0.717, 1.165) is 28.7 Å². The Labute approximate surface area is 120 Å². The molecule has 5 heteroatoms. The van der Waals surface area contributed by atoms with Crippen LogP contribution in [0.3, 0.4) is 0 Å². The van der Waals surface area contributed by atoms with Gasteiger partial charge in [0.25, 0.3) is 0 Å². The van der Waals surface area contributed by atoms with E-state index in [1.807, 2.05) is 24.3 Å². The molecule has 0 unspecified atom stereocenters. The second-order valence-electron chi connectivity index (χ2n) is 4.30. The largest absolute Gasteiger partial charge is 0.356 e. The van der Waals surface area contributed by atoms with Crippen LogP contribution >= 0.6 is 15.9 Å². The van der Waals surface area contributed by atoms with Gasteiger partial charge in [0.15, 0.2) is 0 Å². The molecule has 0 aliphatic heterocycles. The Balaban J connectivity index is 1.67. The number of nitrogens with one attached hydrogen (secondary N) is 2. The van der Waals surface area contributed by atoms with Crippen LogP contribution in [0.4, 0.5) is 0 Å². The highest BCUT2D eigenvalue weighted by Crippen LogP contribution is 2.11. The summed E-state index contributed by atoms with van der Waals surface area (Å²) in [4.78, 5) is 18.9. The maximum Gasteiger partial charge on any atom is 0.224 e. The summed E-state index contributed by atoms with van der Waals surface area (Å²) in [5, 5.41) is 2.92. The number of aromatic amines is 1. The minimum Gasteiger partial charge on any atom is -0.356 e. The smallest absolute Gasteiger partial charge is 0.224 e. The van der Waals surface area contributed by atoms with E-state index in [2.05, 4.69) is 31.2 Å². The summed E-state index contributed by atoms with van der Waals surface area (Å²) in [6, 6.07) is 7.80. The van der Waals surface area contributed by atoms with Crippen molar-refractivity contribution in [3.05, 3.63) is 52.5 Å². The van der Waals surface area contributed by atoms with E-state index in [-0.39, 0.29) is 5.91 Å². The zero-order valence-corrected chi connectivity index (χ0v) is 12.1. The Kier molecular flexibility index (Phi) is 5.15. The number of carbonyl (C=O) groups excluding carboxylic acids is 1. The van der Waals surface area contributed by atoms with Gasteiger partial charge >= 0.3 is 0 Å². The van der Waals surface area contributed by atoms with Crippen molar-refractivity contribution in [1.82, 2.24) is 15.3 Å². The molecule has 2 aromatic rings. The molecule has 0 radical (unpaired) electrons. The zero-order valence-electron chi connectivity index (χ0n) is 10.5. The molecule has 0 spiro atoms. The van der Waals surface area contributed by atoms with E-state index in [4.69, 9.17) is 0 Å². The van der Waals surface area contributed by atoms with Gasteiger partial charge in [-0.3, -0.25) is 4.79 Å². The van der Waals surface area contributed by atoms with E-state index in [1.54, 1.807) is 12.4 Å². The second-order valence-corrected chi connectivity index (χ2v) is 5.21. The number of halogens is 1. The minimum absolute atomic E-state index is 0.0533. The van der Waals surface area contributed by atoms with Gasteiger partial charge in [-0.05, 0) is 24.1 Å². The molecule has 1 amide bonds. The lowest BCUT2D eigenvalue weighted by Gasteiger charge is -2.05. The van der Waals surface area contributed by atoms with Crippen LogP contribution in [0.25, 0.3) is 0 Å². The number of imidazole rings is 1. The van der Waals surface area contributed by atoms with Crippen LogP contribution in [0.1, 0.15) is 17.8 Å². The first-order valence-electron chi connectivity index (χ1n) is 6.23. The number of H-pyrrole nitrogens is 1. The van der Waals surface area contributed by atoms with Gasteiger partial charge in [-0.15, -0.1) is 0 Å². The monoisotopic (exact) mass is 321 g/mol. The number of hydrogen-bond donors (Lipinski definition) is 2. The molecule has 1 aromatic heterocycles. The molecular weight excluding hydrogens is 306 g/mol. The number of nitrogens with zero attached hydrogens (tertiary/aromatic N) is 1. The Morgan fingerprint density at radius 1 is 1.42 bits per heavy atom. The van der Waals surface area contributed by atoms with Crippen LogP contribution < -0.4 is 5.32 Å². The molecule has 0 saturated carbocycles. The normalized spacial score (nSPS) is 10.4. The van der Waals surface area contributed by atoms with Gasteiger partial charge in [-0.2, -0.15) is 0 Å². The van der Waals surface area contributed by atoms with Crippen LogP contribution in [0.15, 0.2) is 41.1 Å². The second kappa shape index (κ2) is 7.09. The fourth-order valence-corrected chi connectivity index (χ4v) is 2.26. The third kappa shape index (κ3) is 4.87. The standard InChI is InChI=1S/C14H16BrN3O/c15-12-4-1-3-11(9-12)10-14(19)18-6-2-5-13-16-7-8-17-13/h1,3-4,7-9H,2,5-6,10H2,(H,16,17)(H,18,19). The molecule has 0 aliphatic rings. The van der Waals surface area contributed by atoms with Crippen molar-refractivity contribution < 1.29 is 4.79 Å². The number of aromatic nitrogens is 2. The lowest BCUT2D eigenvalue weighted by Crippen LogP contribution is -2.26. The van der Waals surface area contributed by atoms with Crippen molar-refractivity contribution in [3.8, 4) is 0 Å². The molecule has 0 aliphatic carbocycles. The van der Waals surface area contributed by atoms with Gasteiger partial charge in [-0.25, -0.2) is 4.98 Å². The van der Waals surface area contributed by atoms with Crippen molar-refractivity contribution in [3.63, 3.8) is 0 Å². The maximum atomic E-state index is 11.7. The average molecular weight is 322 g/mol. The fraction of sp³-hybridized carbons (Fsp3) is 0.286. The fourth-order valence-electron chi connectivity index (χ4n) is 1.81. The predicted octanol–water partition coefficient (Wildman–Crippen LogP) is 2.46. The molecule has 19 heavy (non-hydrogen) atoms. The van der Waals surface area contributed by atoms with E-state index >= 15 is 0 Å². The van der Waals surface area contributed by atoms with Crippen molar-refractivity contribution in [2.75, 3.05) is 6.54 Å². The van der Waals surface area contributed by atoms with Gasteiger partial charge < -0.3 is 10.3 Å². The van der Waals surface area contributed by atoms with Gasteiger partial charge in [-0.1, -0.05) is 28.1 Å². The zero-order chi connectivity index (χ0) is 13.5. The summed E-state index contributed by atoms with van der Waals surface area (Å²) >= 11 is 3.40. The molecule has 2 N–H and O–H groups in total. The van der Waals surface area contributed by atoms with Crippen LogP contribution in [-0.4, -0.2) is 22.4 Å². The number of rotatable bonds is 6. The Bertz CT molecular complexity index is 525. The number of carbonyl (C=O) groups is 1. The summed E-state index contributed by atoms with van der Waals surface area (Å²) < 4.78 is 0.996. The van der Waals surface area contributed by atoms with E-state index in [9.17, 15) is 4.79 Å². The first-order chi connectivity index (χ1) is 9.24. The third-order valence-corrected chi connectivity index (χ3v) is 3.21. The van der Waals surface area contributed by atoms with Crippen molar-refractivity contribution >= 4 is 21.8 Å². The average Bonchev–Trinajstić information content (AvgIpc) is 2.88. The minimum atomic E-state index is 0.0533. The van der Waals surface area contributed by atoms with Gasteiger partial charge in [0.2, 0.25) is 5.91 Å². The van der Waals surface area contributed by atoms with E-state index in [0.29, 0.717) is 13.0 Å². The van der Waals surface area contributed by atoms with Gasteiger partial charge in [0, 0.05) is 29.8 Å². The number of aryl methyl sites for hydroxylation is 1. The molecule has 0 atom stereocenters. The Morgan fingerprint density at radius 2 is 2.32 bits per heavy atom. The molecule has 4 nitrogen and oxygen atoms in total. The lowest BCUT2D eigenvalue weighted by molar-refractivity contribution is -0.120. The summed E-state index contributed by atoms with van der Waals surface area (Å²) in [7, 11) is 0. The molecule has 1 aromatic carbocycles. The maximum absolute atomic E-state index is 11.7. The Morgan fingerprint density at radius 3 is 3.05 bits per heavy atom. The van der Waals surface area contributed by atoms with Crippen LogP contribution in [-0.2, 0) is 17.6 Å². The molecule has 1 heterocycles. The SMILES string of the molecule is O=C(Cc1cccc(Br)c1)NCCCc1ncc[nH]1. The van der Waals surface area contributed by atoms with Crippen molar-refractivity contribution in [2.45, 2.75) is 19.3 Å². The van der Waals surface area contributed by atoms with Crippen molar-refractivity contribution in [2.24, 2.45) is 0 Å². The van der Waals surface area contributed by atoms with Crippen LogP contribution in [0.2, 0.25) is 0 Å². The highest BCUT2D eigenvalue weighted by atomic mass is 79.9. The third-order valence-electron chi connectivity index (χ3n) is 2.72. The first-order valence-corrected chi connectivity index (χ1v) is 7.03. The summed E-state index contributed by atoms with van der Waals surface area (Å²) in [5.74, 6) is 1.01. The summed E-state index contributed by atoms with van der Waals surface area (Å²) in [6.45, 7) is 0.674. The first kappa shape index (κ1) is 13.8. The molecule has 2 rings (SSSR count). The number of benzene rings is 1. The molecule has 0 saturated heterocycles. The highest BCUT2D eigenvalue weighted by Gasteiger charge is 2.03. The topological polar surface area (TPSA) is 57.8 Å².